The second-order valence-corrected chi connectivity index (χ2v) is 8.49. The first-order valence-corrected chi connectivity index (χ1v) is 10.0. The fourth-order valence-electron chi connectivity index (χ4n) is 3.47. The van der Waals surface area contributed by atoms with Gasteiger partial charge in [-0.15, -0.1) is 0 Å². The largest absolute Gasteiger partial charge is 0.367 e. The smallest absolute Gasteiger partial charge is 0.323 e. The fourth-order valence-corrected chi connectivity index (χ4v) is 5.13. The molecule has 0 bridgehead atoms. The summed E-state index contributed by atoms with van der Waals surface area (Å²) in [7, 11) is -3.76. The van der Waals surface area contributed by atoms with E-state index in [0.29, 0.717) is 29.7 Å². The van der Waals surface area contributed by atoms with Gasteiger partial charge in [-0.05, 0) is 36.8 Å². The molecule has 2 aromatic carbocycles. The molecule has 2 heterocycles. The Labute approximate surface area is 155 Å². The van der Waals surface area contributed by atoms with Gasteiger partial charge in [0.15, 0.2) is 0 Å². The van der Waals surface area contributed by atoms with Crippen LogP contribution in [0.2, 0.25) is 0 Å². The van der Waals surface area contributed by atoms with Crippen molar-refractivity contribution in [2.75, 3.05) is 31.1 Å². The first-order valence-electron chi connectivity index (χ1n) is 8.58. The summed E-state index contributed by atoms with van der Waals surface area (Å²) >= 11 is 0. The van der Waals surface area contributed by atoms with Crippen molar-refractivity contribution in [2.24, 2.45) is 0 Å². The second kappa shape index (κ2) is 6.50. The molecule has 9 heteroatoms. The zero-order chi connectivity index (χ0) is 19.2. The minimum absolute atomic E-state index is 0.00742. The molecular formula is C18H19FN4O3S. The van der Waals surface area contributed by atoms with Crippen LogP contribution in [-0.4, -0.2) is 48.9 Å². The average Bonchev–Trinajstić information content (AvgIpc) is 3.04. The van der Waals surface area contributed by atoms with E-state index in [4.69, 9.17) is 0 Å². The van der Waals surface area contributed by atoms with Crippen molar-refractivity contribution < 1.29 is 12.8 Å². The van der Waals surface area contributed by atoms with Gasteiger partial charge in [-0.25, -0.2) is 17.6 Å². The van der Waals surface area contributed by atoms with Crippen molar-refractivity contribution in [3.8, 4) is 0 Å². The highest BCUT2D eigenvalue weighted by molar-refractivity contribution is 7.89. The first kappa shape index (κ1) is 17.7. The SMILES string of the molecule is Cc1ccc(F)cc1S(=O)(=O)N1CCN(c2cccc3[nH]c(=O)[nH]c23)CC1. The van der Waals surface area contributed by atoms with E-state index in [-0.39, 0.29) is 23.7 Å². The molecule has 1 aliphatic rings. The predicted molar refractivity (Wildman–Crippen MR) is 101 cm³/mol. The van der Waals surface area contributed by atoms with Crippen molar-refractivity contribution in [2.45, 2.75) is 11.8 Å². The van der Waals surface area contributed by atoms with Crippen LogP contribution in [0.1, 0.15) is 5.56 Å². The van der Waals surface area contributed by atoms with E-state index in [2.05, 4.69) is 9.97 Å². The molecule has 142 valence electrons. The Morgan fingerprint density at radius 1 is 1.04 bits per heavy atom. The highest BCUT2D eigenvalue weighted by Crippen LogP contribution is 2.27. The van der Waals surface area contributed by atoms with Gasteiger partial charge in [0.25, 0.3) is 0 Å². The third-order valence-corrected chi connectivity index (χ3v) is 6.92. The maximum Gasteiger partial charge on any atom is 0.323 e. The monoisotopic (exact) mass is 390 g/mol. The molecule has 2 N–H and O–H groups in total. The van der Waals surface area contributed by atoms with E-state index < -0.39 is 15.8 Å². The molecule has 1 fully saturated rings. The lowest BCUT2D eigenvalue weighted by molar-refractivity contribution is 0.384. The van der Waals surface area contributed by atoms with Gasteiger partial charge in [-0.3, -0.25) is 0 Å². The summed E-state index contributed by atoms with van der Waals surface area (Å²) in [5, 5.41) is 0. The lowest BCUT2D eigenvalue weighted by Crippen LogP contribution is -2.48. The van der Waals surface area contributed by atoms with Crippen molar-refractivity contribution in [3.05, 3.63) is 58.3 Å². The molecule has 1 aromatic heterocycles. The highest BCUT2D eigenvalue weighted by Gasteiger charge is 2.30. The number of aryl methyl sites for hydroxylation is 1. The number of sulfonamides is 1. The number of aromatic nitrogens is 2. The van der Waals surface area contributed by atoms with E-state index in [9.17, 15) is 17.6 Å². The van der Waals surface area contributed by atoms with Crippen molar-refractivity contribution in [1.29, 1.82) is 0 Å². The quantitative estimate of drug-likeness (QED) is 0.714. The normalized spacial score (nSPS) is 16.1. The van der Waals surface area contributed by atoms with Gasteiger partial charge >= 0.3 is 5.69 Å². The van der Waals surface area contributed by atoms with Crippen LogP contribution in [0.4, 0.5) is 10.1 Å². The van der Waals surface area contributed by atoms with Gasteiger partial charge in [-0.2, -0.15) is 4.31 Å². The van der Waals surface area contributed by atoms with Crippen LogP contribution in [0.25, 0.3) is 11.0 Å². The molecule has 0 unspecified atom stereocenters. The Balaban J connectivity index is 1.58. The van der Waals surface area contributed by atoms with E-state index in [1.54, 1.807) is 6.92 Å². The van der Waals surface area contributed by atoms with Crippen molar-refractivity contribution in [1.82, 2.24) is 14.3 Å². The maximum atomic E-state index is 13.6. The molecule has 4 rings (SSSR count). The van der Waals surface area contributed by atoms with Crippen LogP contribution in [0.15, 0.2) is 46.1 Å². The Kier molecular flexibility index (Phi) is 4.27. The Hall–Kier alpha value is -2.65. The van der Waals surface area contributed by atoms with Gasteiger partial charge in [0.05, 0.1) is 21.6 Å². The number of piperazine rings is 1. The second-order valence-electron chi connectivity index (χ2n) is 6.58. The number of nitrogens with one attached hydrogen (secondary N) is 2. The summed E-state index contributed by atoms with van der Waals surface area (Å²) in [6, 6.07) is 9.35. The number of rotatable bonds is 3. The summed E-state index contributed by atoms with van der Waals surface area (Å²) in [5.41, 5.74) is 2.52. The Bertz CT molecular complexity index is 1160. The molecule has 0 radical (unpaired) electrons. The number of hydrogen-bond donors (Lipinski definition) is 2. The lowest BCUT2D eigenvalue weighted by Gasteiger charge is -2.35. The standard InChI is InChI=1S/C18H19FN4O3S/c1-12-5-6-13(19)11-16(12)27(25,26)23-9-7-22(8-10-23)15-4-2-3-14-17(15)21-18(24)20-14/h2-6,11H,7-10H2,1H3,(H2,20,21,24). The third-order valence-electron chi connectivity index (χ3n) is 4.88. The third kappa shape index (κ3) is 3.13. The van der Waals surface area contributed by atoms with E-state index in [1.165, 1.54) is 16.4 Å². The maximum absolute atomic E-state index is 13.6. The van der Waals surface area contributed by atoms with E-state index in [1.807, 2.05) is 23.1 Å². The predicted octanol–water partition coefficient (Wildman–Crippen LogP) is 1.81. The lowest BCUT2D eigenvalue weighted by atomic mass is 10.2. The van der Waals surface area contributed by atoms with E-state index >= 15 is 0 Å². The van der Waals surface area contributed by atoms with Crippen LogP contribution in [0.3, 0.4) is 0 Å². The molecule has 0 aliphatic carbocycles. The van der Waals surface area contributed by atoms with E-state index in [0.717, 1.165) is 11.8 Å². The molecule has 27 heavy (non-hydrogen) atoms. The number of fused-ring (bicyclic) bond motifs is 1. The highest BCUT2D eigenvalue weighted by atomic mass is 32.2. The van der Waals surface area contributed by atoms with Gasteiger partial charge < -0.3 is 14.9 Å². The summed E-state index contributed by atoms with van der Waals surface area (Å²) in [6.07, 6.45) is 0. The van der Waals surface area contributed by atoms with Crippen LogP contribution >= 0.6 is 0 Å². The van der Waals surface area contributed by atoms with Crippen LogP contribution < -0.4 is 10.6 Å². The number of H-pyrrole nitrogens is 2. The van der Waals surface area contributed by atoms with Gasteiger partial charge in [-0.1, -0.05) is 12.1 Å². The van der Waals surface area contributed by atoms with Crippen molar-refractivity contribution >= 4 is 26.7 Å². The summed E-state index contributed by atoms with van der Waals surface area (Å²) in [6.45, 7) is 3.16. The average molecular weight is 390 g/mol. The molecule has 0 saturated carbocycles. The summed E-state index contributed by atoms with van der Waals surface area (Å²) < 4.78 is 40.8. The number of nitrogens with zero attached hydrogens (tertiary/aromatic N) is 2. The molecule has 0 amide bonds. The molecule has 1 aliphatic heterocycles. The fraction of sp³-hybridized carbons (Fsp3) is 0.278. The first-order chi connectivity index (χ1) is 12.9. The molecule has 0 spiro atoms. The topological polar surface area (TPSA) is 89.3 Å². The molecular weight excluding hydrogens is 371 g/mol. The zero-order valence-electron chi connectivity index (χ0n) is 14.7. The summed E-state index contributed by atoms with van der Waals surface area (Å²) in [4.78, 5) is 19.1. The van der Waals surface area contributed by atoms with Gasteiger partial charge in [0, 0.05) is 26.2 Å². The van der Waals surface area contributed by atoms with Crippen LogP contribution in [0, 0.1) is 12.7 Å². The number of imidazole rings is 1. The number of hydrogen-bond acceptors (Lipinski definition) is 4. The number of benzene rings is 2. The molecule has 0 atom stereocenters. The van der Waals surface area contributed by atoms with Crippen LogP contribution in [0.5, 0.6) is 0 Å². The molecule has 7 nitrogen and oxygen atoms in total. The molecule has 3 aromatic rings. The van der Waals surface area contributed by atoms with Gasteiger partial charge in [0.2, 0.25) is 10.0 Å². The number of aromatic amines is 2. The number of para-hydroxylation sites is 1. The minimum Gasteiger partial charge on any atom is -0.367 e. The number of halogens is 1. The van der Waals surface area contributed by atoms with Crippen LogP contribution in [-0.2, 0) is 10.0 Å². The van der Waals surface area contributed by atoms with Gasteiger partial charge in [0.1, 0.15) is 5.82 Å². The Morgan fingerprint density at radius 2 is 1.78 bits per heavy atom. The zero-order valence-corrected chi connectivity index (χ0v) is 15.5. The van der Waals surface area contributed by atoms with Crippen molar-refractivity contribution in [3.63, 3.8) is 0 Å². The minimum atomic E-state index is -3.76. The molecule has 1 saturated heterocycles. The number of anilines is 1. The summed E-state index contributed by atoms with van der Waals surface area (Å²) in [5.74, 6) is -0.569. The Morgan fingerprint density at radius 3 is 2.52 bits per heavy atom.